The van der Waals surface area contributed by atoms with Crippen molar-refractivity contribution in [2.45, 2.75) is 25.9 Å². The standard InChI is InChI=1S/C30H23F3O3/c1-2-3-18-4-6-20(7-5-18)24-14-15-26(29(33)28(24)32)36-30(34)21-10-8-19(9-11-21)23-13-12-22(16-25(23)31)27-17-35-27/h4-16,27H,2-3,17H2,1H3. The molecule has 0 amide bonds. The van der Waals surface area contributed by atoms with E-state index < -0.39 is 29.2 Å². The molecule has 0 spiro atoms. The van der Waals surface area contributed by atoms with Gasteiger partial charge >= 0.3 is 5.97 Å². The lowest BCUT2D eigenvalue weighted by molar-refractivity contribution is 0.0727. The lowest BCUT2D eigenvalue weighted by atomic mass is 10.0. The fraction of sp³-hybridized carbons (Fsp3) is 0.167. The molecule has 36 heavy (non-hydrogen) atoms. The number of epoxide rings is 1. The lowest BCUT2D eigenvalue weighted by Gasteiger charge is -2.10. The molecule has 4 aromatic rings. The number of carbonyl (C=O) groups excluding carboxylic acids is 1. The summed E-state index contributed by atoms with van der Waals surface area (Å²) in [4.78, 5) is 12.6. The molecule has 4 aromatic carbocycles. The van der Waals surface area contributed by atoms with E-state index in [1.165, 1.54) is 30.3 Å². The van der Waals surface area contributed by atoms with E-state index in [2.05, 4.69) is 6.92 Å². The molecule has 1 unspecified atom stereocenters. The van der Waals surface area contributed by atoms with Crippen LogP contribution in [0.4, 0.5) is 13.2 Å². The van der Waals surface area contributed by atoms with Crippen LogP contribution in [0.1, 0.15) is 40.9 Å². The molecule has 0 saturated carbocycles. The summed E-state index contributed by atoms with van der Waals surface area (Å²) in [5.74, 6) is -4.07. The monoisotopic (exact) mass is 488 g/mol. The smallest absolute Gasteiger partial charge is 0.343 e. The fourth-order valence-corrected chi connectivity index (χ4v) is 4.12. The van der Waals surface area contributed by atoms with Crippen molar-refractivity contribution < 1.29 is 27.4 Å². The largest absolute Gasteiger partial charge is 0.420 e. The van der Waals surface area contributed by atoms with Gasteiger partial charge in [0.2, 0.25) is 5.82 Å². The van der Waals surface area contributed by atoms with E-state index in [-0.39, 0.29) is 17.2 Å². The SMILES string of the molecule is CCCc1ccc(-c2ccc(OC(=O)c3ccc(-c4ccc(C5CO5)cc4F)cc3)c(F)c2F)cc1. The van der Waals surface area contributed by atoms with Gasteiger partial charge in [-0.15, -0.1) is 0 Å². The molecule has 6 heteroatoms. The average molecular weight is 489 g/mol. The highest BCUT2D eigenvalue weighted by Gasteiger charge is 2.25. The van der Waals surface area contributed by atoms with Gasteiger partial charge in [0.15, 0.2) is 11.6 Å². The Morgan fingerprint density at radius 3 is 2.14 bits per heavy atom. The van der Waals surface area contributed by atoms with Gasteiger partial charge in [-0.3, -0.25) is 0 Å². The first-order valence-electron chi connectivity index (χ1n) is 11.8. The normalized spacial score (nSPS) is 14.5. The highest BCUT2D eigenvalue weighted by Crippen LogP contribution is 2.34. The average Bonchev–Trinajstić information content (AvgIpc) is 3.74. The van der Waals surface area contributed by atoms with E-state index in [9.17, 15) is 18.0 Å². The Morgan fingerprint density at radius 1 is 0.861 bits per heavy atom. The molecule has 1 aliphatic heterocycles. The van der Waals surface area contributed by atoms with E-state index in [1.807, 2.05) is 12.1 Å². The van der Waals surface area contributed by atoms with Gasteiger partial charge in [0.25, 0.3) is 0 Å². The number of hydrogen-bond acceptors (Lipinski definition) is 3. The van der Waals surface area contributed by atoms with Crippen LogP contribution in [0.3, 0.4) is 0 Å². The molecule has 0 N–H and O–H groups in total. The maximum atomic E-state index is 14.8. The zero-order valence-corrected chi connectivity index (χ0v) is 19.6. The third kappa shape index (κ3) is 4.90. The van der Waals surface area contributed by atoms with Crippen molar-refractivity contribution in [2.24, 2.45) is 0 Å². The molecule has 0 radical (unpaired) electrons. The number of hydrogen-bond donors (Lipinski definition) is 0. The van der Waals surface area contributed by atoms with Crippen LogP contribution in [-0.4, -0.2) is 12.6 Å². The highest BCUT2D eigenvalue weighted by atomic mass is 19.2. The molecule has 182 valence electrons. The molecule has 5 rings (SSSR count). The topological polar surface area (TPSA) is 38.8 Å². The summed E-state index contributed by atoms with van der Waals surface area (Å²) >= 11 is 0. The molecular weight excluding hydrogens is 465 g/mol. The van der Waals surface area contributed by atoms with Crippen molar-refractivity contribution in [2.75, 3.05) is 6.61 Å². The van der Waals surface area contributed by atoms with Crippen molar-refractivity contribution in [3.8, 4) is 28.0 Å². The van der Waals surface area contributed by atoms with E-state index in [4.69, 9.17) is 9.47 Å². The molecular formula is C30H23F3O3. The first kappa shape index (κ1) is 23.8. The number of halogens is 3. The molecule has 0 bridgehead atoms. The molecule has 0 aromatic heterocycles. The van der Waals surface area contributed by atoms with Crippen LogP contribution < -0.4 is 4.74 Å². The lowest BCUT2D eigenvalue weighted by Crippen LogP contribution is -2.10. The van der Waals surface area contributed by atoms with Crippen LogP contribution in [0.2, 0.25) is 0 Å². The van der Waals surface area contributed by atoms with Crippen LogP contribution in [0.15, 0.2) is 78.9 Å². The van der Waals surface area contributed by atoms with Crippen molar-refractivity contribution in [3.05, 3.63) is 113 Å². The van der Waals surface area contributed by atoms with Gasteiger partial charge in [-0.05, 0) is 59.0 Å². The maximum Gasteiger partial charge on any atom is 0.343 e. The zero-order chi connectivity index (χ0) is 25.2. The third-order valence-electron chi connectivity index (χ3n) is 6.18. The van der Waals surface area contributed by atoms with Crippen LogP contribution in [0, 0.1) is 17.5 Å². The minimum absolute atomic E-state index is 0.0451. The Bertz CT molecular complexity index is 1410. The van der Waals surface area contributed by atoms with Gasteiger partial charge in [-0.2, -0.15) is 4.39 Å². The predicted molar refractivity (Wildman–Crippen MR) is 131 cm³/mol. The Kier molecular flexibility index (Phi) is 6.61. The fourth-order valence-electron chi connectivity index (χ4n) is 4.12. The molecule has 1 atom stereocenters. The van der Waals surface area contributed by atoms with Gasteiger partial charge in [-0.25, -0.2) is 13.6 Å². The number of ether oxygens (including phenoxy) is 2. The van der Waals surface area contributed by atoms with E-state index >= 15 is 0 Å². The minimum atomic E-state index is -1.24. The Labute approximate surface area is 207 Å². The number of esters is 1. The summed E-state index contributed by atoms with van der Waals surface area (Å²) in [6, 6.07) is 20.8. The first-order chi connectivity index (χ1) is 17.4. The van der Waals surface area contributed by atoms with Crippen LogP contribution in [0.25, 0.3) is 22.3 Å². The summed E-state index contributed by atoms with van der Waals surface area (Å²) < 4.78 is 54.4. The third-order valence-corrected chi connectivity index (χ3v) is 6.18. The molecule has 1 fully saturated rings. The summed E-state index contributed by atoms with van der Waals surface area (Å²) in [5.41, 5.74) is 3.59. The summed E-state index contributed by atoms with van der Waals surface area (Å²) in [5, 5.41) is 0. The number of rotatable bonds is 7. The Hall–Kier alpha value is -3.90. The van der Waals surface area contributed by atoms with Gasteiger partial charge in [0.1, 0.15) is 11.9 Å². The van der Waals surface area contributed by atoms with E-state index in [1.54, 1.807) is 36.4 Å². The van der Waals surface area contributed by atoms with Gasteiger partial charge in [-0.1, -0.05) is 61.9 Å². The molecule has 1 heterocycles. The van der Waals surface area contributed by atoms with Crippen molar-refractivity contribution in [1.82, 2.24) is 0 Å². The summed E-state index contributed by atoms with van der Waals surface area (Å²) in [7, 11) is 0. The Balaban J connectivity index is 1.31. The predicted octanol–water partition coefficient (Wildman–Crippen LogP) is 7.68. The zero-order valence-electron chi connectivity index (χ0n) is 19.6. The molecule has 0 aliphatic carbocycles. The number of benzene rings is 4. The molecule has 1 aliphatic rings. The van der Waals surface area contributed by atoms with Gasteiger partial charge in [0, 0.05) is 11.1 Å². The summed E-state index contributed by atoms with van der Waals surface area (Å²) in [6.45, 7) is 2.66. The van der Waals surface area contributed by atoms with Crippen LogP contribution in [0.5, 0.6) is 5.75 Å². The van der Waals surface area contributed by atoms with Crippen molar-refractivity contribution in [3.63, 3.8) is 0 Å². The van der Waals surface area contributed by atoms with E-state index in [0.29, 0.717) is 23.3 Å². The molecule has 1 saturated heterocycles. The summed E-state index contributed by atoms with van der Waals surface area (Å²) in [6.07, 6.45) is 1.85. The second-order valence-electron chi connectivity index (χ2n) is 8.71. The second-order valence-corrected chi connectivity index (χ2v) is 8.71. The second kappa shape index (κ2) is 9.99. The van der Waals surface area contributed by atoms with Crippen molar-refractivity contribution >= 4 is 5.97 Å². The first-order valence-corrected chi connectivity index (χ1v) is 11.8. The van der Waals surface area contributed by atoms with E-state index in [0.717, 1.165) is 24.0 Å². The highest BCUT2D eigenvalue weighted by molar-refractivity contribution is 5.91. The van der Waals surface area contributed by atoms with Gasteiger partial charge in [0.05, 0.1) is 12.2 Å². The van der Waals surface area contributed by atoms with Crippen LogP contribution in [-0.2, 0) is 11.2 Å². The number of aryl methyl sites for hydroxylation is 1. The van der Waals surface area contributed by atoms with Gasteiger partial charge < -0.3 is 9.47 Å². The Morgan fingerprint density at radius 2 is 1.50 bits per heavy atom. The minimum Gasteiger partial charge on any atom is -0.420 e. The quantitative estimate of drug-likeness (QED) is 0.152. The van der Waals surface area contributed by atoms with Crippen molar-refractivity contribution in [1.29, 1.82) is 0 Å². The maximum absolute atomic E-state index is 14.8. The van der Waals surface area contributed by atoms with Crippen LogP contribution >= 0.6 is 0 Å². The number of carbonyl (C=O) groups is 1. The molecule has 3 nitrogen and oxygen atoms in total.